The van der Waals surface area contributed by atoms with Gasteiger partial charge in [0.05, 0.1) is 6.42 Å². The number of hydrogen-bond acceptors (Lipinski definition) is 5. The summed E-state index contributed by atoms with van der Waals surface area (Å²) in [5.74, 6) is 0.290. The van der Waals surface area contributed by atoms with Crippen LogP contribution in [-0.4, -0.2) is 46.1 Å². The SMILES string of the molecule is Cn1c(N2CCN(C(=O)Cc3cccc(Cl)c3)CC2)c(C#N)c(=O)n(C)c1=O. The van der Waals surface area contributed by atoms with E-state index in [2.05, 4.69) is 0 Å². The van der Waals surface area contributed by atoms with E-state index in [9.17, 15) is 19.6 Å². The summed E-state index contributed by atoms with van der Waals surface area (Å²) < 4.78 is 2.23. The molecule has 0 aliphatic carbocycles. The number of carbonyl (C=O) groups excluding carboxylic acids is 1. The number of piperazine rings is 1. The summed E-state index contributed by atoms with van der Waals surface area (Å²) in [7, 11) is 2.89. The van der Waals surface area contributed by atoms with Gasteiger partial charge in [-0.1, -0.05) is 23.7 Å². The molecule has 0 atom stereocenters. The number of nitrogens with zero attached hydrogens (tertiary/aromatic N) is 5. The number of carbonyl (C=O) groups is 1. The van der Waals surface area contributed by atoms with Crippen molar-refractivity contribution in [3.05, 3.63) is 61.3 Å². The van der Waals surface area contributed by atoms with Gasteiger partial charge >= 0.3 is 5.69 Å². The average molecular weight is 402 g/mol. The van der Waals surface area contributed by atoms with Crippen molar-refractivity contribution in [3.63, 3.8) is 0 Å². The van der Waals surface area contributed by atoms with Gasteiger partial charge in [0.15, 0.2) is 5.56 Å². The number of anilines is 1. The Morgan fingerprint density at radius 2 is 1.82 bits per heavy atom. The van der Waals surface area contributed by atoms with E-state index in [0.717, 1.165) is 10.1 Å². The predicted molar refractivity (Wildman–Crippen MR) is 106 cm³/mol. The monoisotopic (exact) mass is 401 g/mol. The van der Waals surface area contributed by atoms with Gasteiger partial charge < -0.3 is 9.80 Å². The first-order valence-electron chi connectivity index (χ1n) is 8.80. The highest BCUT2D eigenvalue weighted by Gasteiger charge is 2.26. The number of rotatable bonds is 3. The molecule has 1 fully saturated rings. The highest BCUT2D eigenvalue weighted by atomic mass is 35.5. The number of aromatic nitrogens is 2. The molecule has 9 heteroatoms. The highest BCUT2D eigenvalue weighted by molar-refractivity contribution is 6.30. The summed E-state index contributed by atoms with van der Waals surface area (Å²) in [5.41, 5.74) is -0.317. The van der Waals surface area contributed by atoms with Crippen LogP contribution in [0.15, 0.2) is 33.9 Å². The van der Waals surface area contributed by atoms with Crippen molar-refractivity contribution >= 4 is 23.3 Å². The van der Waals surface area contributed by atoms with Gasteiger partial charge in [-0.05, 0) is 17.7 Å². The molecule has 2 heterocycles. The smallest absolute Gasteiger partial charge is 0.332 e. The van der Waals surface area contributed by atoms with Gasteiger partial charge in [-0.25, -0.2) is 4.79 Å². The Hall–Kier alpha value is -3.05. The zero-order chi connectivity index (χ0) is 20.4. The fourth-order valence-corrected chi connectivity index (χ4v) is 3.62. The first kappa shape index (κ1) is 19.7. The van der Waals surface area contributed by atoms with Crippen molar-refractivity contribution < 1.29 is 4.79 Å². The third kappa shape index (κ3) is 3.66. The summed E-state index contributed by atoms with van der Waals surface area (Å²) in [4.78, 5) is 40.6. The van der Waals surface area contributed by atoms with E-state index < -0.39 is 11.2 Å². The molecule has 146 valence electrons. The maximum absolute atomic E-state index is 12.6. The Morgan fingerprint density at radius 1 is 1.14 bits per heavy atom. The third-order valence-corrected chi connectivity index (χ3v) is 5.16. The predicted octanol–water partition coefficient (Wildman–Crippen LogP) is 0.500. The van der Waals surface area contributed by atoms with Crippen molar-refractivity contribution in [3.8, 4) is 6.07 Å². The van der Waals surface area contributed by atoms with Gasteiger partial charge in [0.2, 0.25) is 5.91 Å². The highest BCUT2D eigenvalue weighted by Crippen LogP contribution is 2.18. The Kier molecular flexibility index (Phi) is 5.56. The molecule has 1 aromatic carbocycles. The molecular formula is C19H20ClN5O3. The summed E-state index contributed by atoms with van der Waals surface area (Å²) in [6.07, 6.45) is 0.258. The van der Waals surface area contributed by atoms with Gasteiger partial charge in [0, 0.05) is 45.3 Å². The standard InChI is InChI=1S/C19H20ClN5O3/c1-22-17(15(12-21)18(27)23(2)19(22)28)25-8-6-24(7-9-25)16(26)11-13-4-3-5-14(20)10-13/h3-5,10H,6-9,11H2,1-2H3. The minimum absolute atomic E-state index is 0.0136. The molecule has 3 rings (SSSR count). The van der Waals surface area contributed by atoms with Crippen LogP contribution in [0.3, 0.4) is 0 Å². The van der Waals surface area contributed by atoms with Crippen LogP contribution in [0.4, 0.5) is 5.82 Å². The molecule has 1 aliphatic rings. The lowest BCUT2D eigenvalue weighted by Gasteiger charge is -2.37. The molecule has 0 N–H and O–H groups in total. The molecule has 0 bridgehead atoms. The van der Waals surface area contributed by atoms with E-state index in [1.54, 1.807) is 17.0 Å². The lowest BCUT2D eigenvalue weighted by molar-refractivity contribution is -0.130. The minimum Gasteiger partial charge on any atom is -0.353 e. The van der Waals surface area contributed by atoms with E-state index in [1.165, 1.54) is 18.7 Å². The lowest BCUT2D eigenvalue weighted by Crippen LogP contribution is -2.52. The second-order valence-corrected chi connectivity index (χ2v) is 7.13. The molecule has 1 amide bonds. The van der Waals surface area contributed by atoms with Gasteiger partial charge in [0.25, 0.3) is 5.56 Å². The van der Waals surface area contributed by atoms with Gasteiger partial charge in [-0.2, -0.15) is 5.26 Å². The summed E-state index contributed by atoms with van der Waals surface area (Å²) in [5, 5.41) is 10.0. The molecule has 2 aromatic rings. The van der Waals surface area contributed by atoms with Crippen LogP contribution in [0.5, 0.6) is 0 Å². The molecular weight excluding hydrogens is 382 g/mol. The Labute approximate surface area is 166 Å². The van der Waals surface area contributed by atoms with Crippen molar-refractivity contribution in [2.75, 3.05) is 31.1 Å². The molecule has 0 unspecified atom stereocenters. The normalized spacial score (nSPS) is 14.1. The Balaban J connectivity index is 1.76. The fraction of sp³-hybridized carbons (Fsp3) is 0.368. The second kappa shape index (κ2) is 7.90. The van der Waals surface area contributed by atoms with Crippen LogP contribution >= 0.6 is 11.6 Å². The average Bonchev–Trinajstić information content (AvgIpc) is 2.69. The van der Waals surface area contributed by atoms with E-state index in [-0.39, 0.29) is 17.9 Å². The van der Waals surface area contributed by atoms with Crippen LogP contribution < -0.4 is 16.1 Å². The number of hydrogen-bond donors (Lipinski definition) is 0. The zero-order valence-electron chi connectivity index (χ0n) is 15.7. The fourth-order valence-electron chi connectivity index (χ4n) is 3.40. The van der Waals surface area contributed by atoms with Crippen molar-refractivity contribution in [1.82, 2.24) is 14.0 Å². The Morgan fingerprint density at radius 3 is 2.43 bits per heavy atom. The number of amides is 1. The second-order valence-electron chi connectivity index (χ2n) is 6.69. The van der Waals surface area contributed by atoms with Crippen molar-refractivity contribution in [2.24, 2.45) is 14.1 Å². The van der Waals surface area contributed by atoms with Crippen molar-refractivity contribution in [1.29, 1.82) is 5.26 Å². The molecule has 8 nitrogen and oxygen atoms in total. The van der Waals surface area contributed by atoms with E-state index >= 15 is 0 Å². The van der Waals surface area contributed by atoms with Crippen LogP contribution in [0, 0.1) is 11.3 Å². The summed E-state index contributed by atoms with van der Waals surface area (Å²) in [6, 6.07) is 9.11. The van der Waals surface area contributed by atoms with Crippen LogP contribution in [0.2, 0.25) is 5.02 Å². The maximum Gasteiger partial charge on any atom is 0.332 e. The van der Waals surface area contributed by atoms with Gasteiger partial charge in [0.1, 0.15) is 11.9 Å². The van der Waals surface area contributed by atoms with Gasteiger partial charge in [-0.15, -0.1) is 0 Å². The van der Waals surface area contributed by atoms with Crippen LogP contribution in [-0.2, 0) is 25.3 Å². The molecule has 1 aliphatic heterocycles. The largest absolute Gasteiger partial charge is 0.353 e. The molecule has 0 spiro atoms. The molecule has 1 saturated heterocycles. The summed E-state index contributed by atoms with van der Waals surface area (Å²) in [6.45, 7) is 1.73. The quantitative estimate of drug-likeness (QED) is 0.747. The lowest BCUT2D eigenvalue weighted by atomic mass is 10.1. The molecule has 1 aromatic heterocycles. The third-order valence-electron chi connectivity index (χ3n) is 4.92. The van der Waals surface area contributed by atoms with Crippen molar-refractivity contribution in [2.45, 2.75) is 6.42 Å². The van der Waals surface area contributed by atoms with E-state index in [0.29, 0.717) is 37.0 Å². The number of benzene rings is 1. The van der Waals surface area contributed by atoms with Gasteiger partial charge in [-0.3, -0.25) is 18.7 Å². The molecule has 28 heavy (non-hydrogen) atoms. The number of halogens is 1. The summed E-state index contributed by atoms with van der Waals surface area (Å²) >= 11 is 5.97. The van der Waals surface area contributed by atoms with Crippen LogP contribution in [0.1, 0.15) is 11.1 Å². The minimum atomic E-state index is -0.611. The van der Waals surface area contributed by atoms with Crippen LogP contribution in [0.25, 0.3) is 0 Å². The van der Waals surface area contributed by atoms with E-state index in [1.807, 2.05) is 23.1 Å². The molecule has 0 radical (unpaired) electrons. The molecule has 0 saturated carbocycles. The first-order valence-corrected chi connectivity index (χ1v) is 9.18. The first-order chi connectivity index (χ1) is 13.3. The zero-order valence-corrected chi connectivity index (χ0v) is 16.4. The number of nitriles is 1. The Bertz CT molecular complexity index is 1070. The van der Waals surface area contributed by atoms with E-state index in [4.69, 9.17) is 11.6 Å². The maximum atomic E-state index is 12.6. The topological polar surface area (TPSA) is 91.3 Å².